The highest BCUT2D eigenvalue weighted by molar-refractivity contribution is 7.90. The minimum absolute atomic E-state index is 0.0396. The molecule has 4 rings (SSSR count). The van der Waals surface area contributed by atoms with E-state index in [-0.39, 0.29) is 39.8 Å². The lowest BCUT2D eigenvalue weighted by Gasteiger charge is -2.20. The number of carbonyl (C=O) groups is 2. The second-order valence-corrected chi connectivity index (χ2v) is 13.8. The monoisotopic (exact) mass is 601 g/mol. The van der Waals surface area contributed by atoms with Gasteiger partial charge in [0.15, 0.2) is 14.6 Å². The molecule has 0 saturated carbocycles. The van der Waals surface area contributed by atoms with E-state index >= 15 is 0 Å². The van der Waals surface area contributed by atoms with E-state index < -0.39 is 31.7 Å². The van der Waals surface area contributed by atoms with Crippen LogP contribution in [0.25, 0.3) is 10.2 Å². The molecule has 0 saturated heterocycles. The van der Waals surface area contributed by atoms with Crippen LogP contribution < -0.4 is 4.80 Å². The zero-order valence-corrected chi connectivity index (χ0v) is 24.4. The Kier molecular flexibility index (Phi) is 8.68. The van der Waals surface area contributed by atoms with Gasteiger partial charge in [0.2, 0.25) is 10.0 Å². The number of aromatic nitrogens is 1. The van der Waals surface area contributed by atoms with Crippen molar-refractivity contribution in [2.45, 2.75) is 29.8 Å². The van der Waals surface area contributed by atoms with E-state index in [0.29, 0.717) is 10.2 Å². The van der Waals surface area contributed by atoms with Crippen LogP contribution in [0.5, 0.6) is 0 Å². The lowest BCUT2D eigenvalue weighted by Crippen LogP contribution is -2.30. The maximum absolute atomic E-state index is 13.2. The number of sulfonamides is 1. The maximum Gasteiger partial charge on any atom is 0.325 e. The number of thiazole rings is 1. The molecule has 0 aliphatic heterocycles. The molecular formula is C27H27N3O7S3. The Hall–Kier alpha value is -3.65. The van der Waals surface area contributed by atoms with Crippen molar-refractivity contribution in [1.82, 2.24) is 8.87 Å². The van der Waals surface area contributed by atoms with Gasteiger partial charge in [-0.25, -0.2) is 16.8 Å². The predicted octanol–water partition coefficient (Wildman–Crippen LogP) is 3.23. The third kappa shape index (κ3) is 6.39. The third-order valence-electron chi connectivity index (χ3n) is 6.09. The molecule has 40 heavy (non-hydrogen) atoms. The Morgan fingerprint density at radius 2 is 1.60 bits per heavy atom. The molecule has 0 atom stereocenters. The van der Waals surface area contributed by atoms with Gasteiger partial charge >= 0.3 is 5.97 Å². The molecule has 13 heteroatoms. The smallest absolute Gasteiger partial charge is 0.325 e. The maximum atomic E-state index is 13.2. The first-order valence-corrected chi connectivity index (χ1v) is 16.2. The van der Waals surface area contributed by atoms with Gasteiger partial charge in [0, 0.05) is 24.9 Å². The van der Waals surface area contributed by atoms with Crippen LogP contribution in [0.4, 0.5) is 0 Å². The van der Waals surface area contributed by atoms with Crippen LogP contribution in [0, 0.1) is 0 Å². The molecule has 0 unspecified atom stereocenters. The van der Waals surface area contributed by atoms with Gasteiger partial charge in [-0.3, -0.25) is 9.59 Å². The summed E-state index contributed by atoms with van der Waals surface area (Å²) in [6, 6.07) is 19.2. The average molecular weight is 602 g/mol. The van der Waals surface area contributed by atoms with E-state index in [9.17, 15) is 26.4 Å². The zero-order chi connectivity index (χ0) is 29.1. The van der Waals surface area contributed by atoms with Crippen LogP contribution in [0.3, 0.4) is 0 Å². The van der Waals surface area contributed by atoms with E-state index in [1.807, 2.05) is 30.3 Å². The molecule has 0 bridgehead atoms. The Morgan fingerprint density at radius 1 is 0.950 bits per heavy atom. The van der Waals surface area contributed by atoms with E-state index in [1.165, 1.54) is 52.4 Å². The molecule has 0 fully saturated rings. The first-order valence-electron chi connectivity index (χ1n) is 12.1. The fraction of sp³-hybridized carbons (Fsp3) is 0.222. The van der Waals surface area contributed by atoms with Crippen molar-refractivity contribution >= 4 is 53.3 Å². The zero-order valence-electron chi connectivity index (χ0n) is 22.0. The van der Waals surface area contributed by atoms with E-state index in [4.69, 9.17) is 4.74 Å². The summed E-state index contributed by atoms with van der Waals surface area (Å²) >= 11 is 1.05. The average Bonchev–Trinajstić information content (AvgIpc) is 3.27. The molecule has 210 valence electrons. The number of ether oxygens (including phenoxy) is 1. The van der Waals surface area contributed by atoms with Gasteiger partial charge in [-0.1, -0.05) is 48.6 Å². The highest BCUT2D eigenvalue weighted by Crippen LogP contribution is 2.23. The summed E-state index contributed by atoms with van der Waals surface area (Å²) in [6.45, 7) is 1.99. The standard InChI is InChI=1S/C27H27N3O7S3/c1-4-29(17-19-8-6-5-7-9-19)40(35,36)21-12-10-20(11-13-21)26(32)28-27-30(18-25(31)37-2)23-15-14-22(39(3,33)34)16-24(23)38-27/h5-16H,4,17-18H2,1-3H3. The molecular weight excluding hydrogens is 575 g/mol. The number of rotatable bonds is 9. The Morgan fingerprint density at radius 3 is 2.20 bits per heavy atom. The van der Waals surface area contributed by atoms with Crippen molar-refractivity contribution in [3.8, 4) is 0 Å². The Balaban J connectivity index is 1.68. The van der Waals surface area contributed by atoms with Gasteiger partial charge < -0.3 is 9.30 Å². The summed E-state index contributed by atoms with van der Waals surface area (Å²) in [7, 11) is -6.06. The van der Waals surface area contributed by atoms with Crippen LogP contribution in [0.2, 0.25) is 0 Å². The first kappa shape index (κ1) is 29.3. The van der Waals surface area contributed by atoms with Gasteiger partial charge in [-0.05, 0) is 48.0 Å². The minimum atomic E-state index is -3.82. The van der Waals surface area contributed by atoms with E-state index in [1.54, 1.807) is 13.0 Å². The molecule has 0 aliphatic carbocycles. The summed E-state index contributed by atoms with van der Waals surface area (Å²) < 4.78 is 58.6. The lowest BCUT2D eigenvalue weighted by molar-refractivity contribution is -0.141. The molecule has 10 nitrogen and oxygen atoms in total. The number of hydrogen-bond donors (Lipinski definition) is 0. The number of sulfone groups is 1. The molecule has 1 heterocycles. The highest BCUT2D eigenvalue weighted by Gasteiger charge is 2.24. The second kappa shape index (κ2) is 11.8. The van der Waals surface area contributed by atoms with Gasteiger partial charge in [0.25, 0.3) is 5.91 Å². The van der Waals surface area contributed by atoms with Crippen molar-refractivity contribution in [1.29, 1.82) is 0 Å². The molecule has 4 aromatic rings. The quantitative estimate of drug-likeness (QED) is 0.269. The van der Waals surface area contributed by atoms with Crippen LogP contribution in [-0.4, -0.2) is 57.5 Å². The van der Waals surface area contributed by atoms with Gasteiger partial charge in [0.05, 0.1) is 27.1 Å². The normalized spacial score (nSPS) is 12.7. The predicted molar refractivity (Wildman–Crippen MR) is 151 cm³/mol. The van der Waals surface area contributed by atoms with Gasteiger partial charge in [-0.15, -0.1) is 0 Å². The van der Waals surface area contributed by atoms with Crippen molar-refractivity contribution in [3.63, 3.8) is 0 Å². The summed E-state index contributed by atoms with van der Waals surface area (Å²) in [5.74, 6) is -1.24. The molecule has 0 N–H and O–H groups in total. The van der Waals surface area contributed by atoms with Crippen molar-refractivity contribution in [3.05, 3.63) is 88.7 Å². The summed E-state index contributed by atoms with van der Waals surface area (Å²) in [6.07, 6.45) is 1.09. The fourth-order valence-corrected chi connectivity index (χ4v) is 7.17. The molecule has 1 aromatic heterocycles. The number of carbonyl (C=O) groups excluding carboxylic acids is 2. The Bertz CT molecular complexity index is 1840. The number of esters is 1. The first-order chi connectivity index (χ1) is 18.9. The Labute approximate surface area is 236 Å². The number of fused-ring (bicyclic) bond motifs is 1. The van der Waals surface area contributed by atoms with Crippen molar-refractivity contribution in [2.75, 3.05) is 19.9 Å². The fourth-order valence-electron chi connectivity index (χ4n) is 3.94. The van der Waals surface area contributed by atoms with Crippen molar-refractivity contribution in [2.24, 2.45) is 4.99 Å². The molecule has 0 spiro atoms. The lowest BCUT2D eigenvalue weighted by atomic mass is 10.2. The molecule has 0 radical (unpaired) electrons. The minimum Gasteiger partial charge on any atom is -0.468 e. The second-order valence-electron chi connectivity index (χ2n) is 8.81. The number of hydrogen-bond acceptors (Lipinski definition) is 8. The molecule has 0 aliphatic rings. The van der Waals surface area contributed by atoms with Crippen LogP contribution in [0.15, 0.2) is 87.6 Å². The van der Waals surface area contributed by atoms with Gasteiger partial charge in [0.1, 0.15) is 6.54 Å². The van der Waals surface area contributed by atoms with E-state index in [0.717, 1.165) is 23.2 Å². The van der Waals surface area contributed by atoms with Crippen LogP contribution >= 0.6 is 11.3 Å². The molecule has 1 amide bonds. The largest absolute Gasteiger partial charge is 0.468 e. The SMILES string of the molecule is CCN(Cc1ccccc1)S(=O)(=O)c1ccc(C(=O)N=c2sc3cc(S(C)(=O)=O)ccc3n2CC(=O)OC)cc1. The van der Waals surface area contributed by atoms with Gasteiger partial charge in [-0.2, -0.15) is 9.30 Å². The molecule has 3 aromatic carbocycles. The van der Waals surface area contributed by atoms with Crippen LogP contribution in [0.1, 0.15) is 22.8 Å². The summed E-state index contributed by atoms with van der Waals surface area (Å²) in [5.41, 5.74) is 1.50. The number of methoxy groups -OCH3 is 1. The number of amides is 1. The summed E-state index contributed by atoms with van der Waals surface area (Å²) in [5, 5.41) is 0. The summed E-state index contributed by atoms with van der Waals surface area (Å²) in [4.78, 5) is 29.6. The third-order valence-corrected chi connectivity index (χ3v) is 10.2. The van der Waals surface area contributed by atoms with Crippen molar-refractivity contribution < 1.29 is 31.2 Å². The highest BCUT2D eigenvalue weighted by atomic mass is 32.2. The van der Waals surface area contributed by atoms with Crippen LogP contribution in [-0.2, 0) is 42.5 Å². The topological polar surface area (TPSA) is 132 Å². The number of nitrogens with zero attached hydrogens (tertiary/aromatic N) is 3. The number of benzene rings is 3. The van der Waals surface area contributed by atoms with E-state index in [2.05, 4.69) is 4.99 Å².